The van der Waals surface area contributed by atoms with Crippen LogP contribution in [-0.4, -0.2) is 0 Å². The highest BCUT2D eigenvalue weighted by Crippen LogP contribution is 2.40. The topological polar surface area (TPSA) is 0 Å². The molecule has 22 rings (SSSR count). The van der Waals surface area contributed by atoms with Crippen molar-refractivity contribution in [3.05, 3.63) is 169 Å². The average molecular weight is 589 g/mol. The van der Waals surface area contributed by atoms with E-state index in [0.29, 0.717) is 0 Å². The Morgan fingerprint density at radius 2 is 0.609 bits per heavy atom. The molecule has 0 saturated heterocycles. The van der Waals surface area contributed by atoms with Crippen LogP contribution in [0, 0.1) is 0 Å². The Morgan fingerprint density at radius 3 is 0.891 bits per heavy atom. The van der Waals surface area contributed by atoms with E-state index in [1.807, 2.05) is 12.2 Å². The molecule has 46 heavy (non-hydrogen) atoms. The lowest BCUT2D eigenvalue weighted by atomic mass is 9.86. The minimum atomic E-state index is 1.09. The summed E-state index contributed by atoms with van der Waals surface area (Å²) in [6, 6.07) is 44.7. The molecule has 220 valence electrons. The van der Waals surface area contributed by atoms with Crippen molar-refractivity contribution in [2.45, 2.75) is 13.8 Å². The quantitative estimate of drug-likeness (QED) is 0.192. The summed E-state index contributed by atoms with van der Waals surface area (Å²) in [4.78, 5) is 0. The molecule has 0 atom stereocenters. The van der Waals surface area contributed by atoms with Crippen LogP contribution >= 0.6 is 0 Å². The molecule has 12 bridgehead atoms. The van der Waals surface area contributed by atoms with Crippen molar-refractivity contribution in [3.8, 4) is 66.8 Å². The number of hydrogen-bond acceptors (Lipinski definition) is 0. The molecular formula is C46H36. The van der Waals surface area contributed by atoms with Crippen molar-refractivity contribution >= 4 is 24.3 Å². The number of allylic oxidation sites excluding steroid dienone is 2. The molecule has 0 fully saturated rings. The van der Waals surface area contributed by atoms with Gasteiger partial charge in [0.1, 0.15) is 0 Å². The molecule has 0 amide bonds. The van der Waals surface area contributed by atoms with Gasteiger partial charge in [-0.15, -0.1) is 0 Å². The maximum Gasteiger partial charge on any atom is -0.00992 e. The lowest BCUT2D eigenvalue weighted by molar-refractivity contribution is 1.51. The maximum absolute atomic E-state index is 4.24. The molecule has 0 N–H and O–H groups in total. The Hall–Kier alpha value is -5.72. The normalized spacial score (nSPS) is 11.7. The van der Waals surface area contributed by atoms with Gasteiger partial charge in [-0.05, 0) is 127 Å². The van der Waals surface area contributed by atoms with Crippen molar-refractivity contribution in [2.24, 2.45) is 0 Å². The van der Waals surface area contributed by atoms with E-state index in [-0.39, 0.29) is 0 Å². The zero-order valence-corrected chi connectivity index (χ0v) is 26.4. The molecule has 0 aromatic heterocycles. The fourth-order valence-electron chi connectivity index (χ4n) is 6.61. The van der Waals surface area contributed by atoms with Gasteiger partial charge in [0, 0.05) is 0 Å². The van der Waals surface area contributed by atoms with Gasteiger partial charge < -0.3 is 0 Å². The SMILES string of the molecule is C=Cc1cc2c(C=C)cc1-c1ccc(cc1/C=C/C)-c1ccc(cc1)-c1ccc(cc1)-c1ccc(cc1)-c1ccc-2c(/C=C/C)c1. The van der Waals surface area contributed by atoms with Crippen LogP contribution < -0.4 is 0 Å². The summed E-state index contributed by atoms with van der Waals surface area (Å²) < 4.78 is 0. The van der Waals surface area contributed by atoms with Gasteiger partial charge in [-0.2, -0.15) is 0 Å². The zero-order valence-electron chi connectivity index (χ0n) is 26.4. The number of hydrogen-bond donors (Lipinski definition) is 0. The van der Waals surface area contributed by atoms with Crippen LogP contribution in [0.1, 0.15) is 36.1 Å². The Morgan fingerprint density at radius 1 is 0.326 bits per heavy atom. The Kier molecular flexibility index (Phi) is 7.79. The number of benzene rings is 6. The van der Waals surface area contributed by atoms with Gasteiger partial charge in [-0.25, -0.2) is 0 Å². The Balaban J connectivity index is 1.49. The van der Waals surface area contributed by atoms with Crippen molar-refractivity contribution in [1.29, 1.82) is 0 Å². The first-order valence-corrected chi connectivity index (χ1v) is 15.9. The summed E-state index contributed by atoms with van der Waals surface area (Å²) in [6.45, 7) is 12.6. The molecule has 0 aliphatic heterocycles. The van der Waals surface area contributed by atoms with Crippen LogP contribution in [0.2, 0.25) is 0 Å². The van der Waals surface area contributed by atoms with Crippen LogP contribution in [-0.2, 0) is 0 Å². The van der Waals surface area contributed by atoms with Crippen LogP contribution in [0.5, 0.6) is 0 Å². The predicted octanol–water partition coefficient (Wildman–Crippen LogP) is 13.4. The highest BCUT2D eigenvalue weighted by molar-refractivity contribution is 5.92. The summed E-state index contributed by atoms with van der Waals surface area (Å²) in [7, 11) is 0. The zero-order chi connectivity index (χ0) is 31.6. The minimum absolute atomic E-state index is 1.09. The highest BCUT2D eigenvalue weighted by Gasteiger charge is 2.16. The van der Waals surface area contributed by atoms with Crippen molar-refractivity contribution in [3.63, 3.8) is 0 Å². The first-order valence-electron chi connectivity index (χ1n) is 15.9. The largest absolute Gasteiger partial charge is 0.0984 e. The molecule has 6 aromatic carbocycles. The first-order chi connectivity index (χ1) is 22.6. The predicted molar refractivity (Wildman–Crippen MR) is 202 cm³/mol. The molecule has 6 aromatic rings. The third kappa shape index (κ3) is 5.29. The van der Waals surface area contributed by atoms with Gasteiger partial charge in [0.05, 0.1) is 0 Å². The smallest absolute Gasteiger partial charge is 0.00992 e. The summed E-state index contributed by atoms with van der Waals surface area (Å²) in [6.07, 6.45) is 12.6. The molecule has 0 heterocycles. The van der Waals surface area contributed by atoms with E-state index in [0.717, 1.165) is 22.3 Å². The maximum atomic E-state index is 4.24. The first kappa shape index (κ1) is 29.0. The van der Waals surface area contributed by atoms with Gasteiger partial charge in [0.2, 0.25) is 0 Å². The number of rotatable bonds is 4. The van der Waals surface area contributed by atoms with E-state index in [1.54, 1.807) is 0 Å². The third-order valence-electron chi connectivity index (χ3n) is 9.03. The summed E-state index contributed by atoms with van der Waals surface area (Å²) in [5.41, 5.74) is 18.8. The van der Waals surface area contributed by atoms with Gasteiger partial charge in [0.25, 0.3) is 0 Å². The van der Waals surface area contributed by atoms with Gasteiger partial charge in [-0.3, -0.25) is 0 Å². The summed E-state index contributed by atoms with van der Waals surface area (Å²) in [5.74, 6) is 0. The van der Waals surface area contributed by atoms with E-state index < -0.39 is 0 Å². The van der Waals surface area contributed by atoms with Gasteiger partial charge in [0.15, 0.2) is 0 Å². The Bertz CT molecular complexity index is 1990. The van der Waals surface area contributed by atoms with E-state index in [2.05, 4.69) is 173 Å². The van der Waals surface area contributed by atoms with Crippen LogP contribution in [0.4, 0.5) is 0 Å². The van der Waals surface area contributed by atoms with Gasteiger partial charge >= 0.3 is 0 Å². The van der Waals surface area contributed by atoms with Crippen LogP contribution in [0.3, 0.4) is 0 Å². The fraction of sp³-hybridized carbons (Fsp3) is 0.0435. The lowest BCUT2D eigenvalue weighted by Gasteiger charge is -2.18. The summed E-state index contributed by atoms with van der Waals surface area (Å²) >= 11 is 0. The van der Waals surface area contributed by atoms with Crippen molar-refractivity contribution < 1.29 is 0 Å². The minimum Gasteiger partial charge on any atom is -0.0984 e. The molecule has 16 aliphatic rings. The van der Waals surface area contributed by atoms with Crippen molar-refractivity contribution in [1.82, 2.24) is 0 Å². The van der Waals surface area contributed by atoms with E-state index in [9.17, 15) is 0 Å². The monoisotopic (exact) mass is 588 g/mol. The Labute approximate surface area is 273 Å². The second-order valence-electron chi connectivity index (χ2n) is 11.8. The fourth-order valence-corrected chi connectivity index (χ4v) is 6.61. The van der Waals surface area contributed by atoms with Crippen LogP contribution in [0.25, 0.3) is 91.1 Å². The molecular weight excluding hydrogens is 553 g/mol. The van der Waals surface area contributed by atoms with E-state index in [1.165, 1.54) is 66.8 Å². The molecule has 0 radical (unpaired) electrons. The average Bonchev–Trinajstić information content (AvgIpc) is 3.11. The van der Waals surface area contributed by atoms with E-state index in [4.69, 9.17) is 0 Å². The highest BCUT2D eigenvalue weighted by atomic mass is 14.2. The molecule has 0 spiro atoms. The molecule has 0 unspecified atom stereocenters. The van der Waals surface area contributed by atoms with E-state index >= 15 is 0 Å². The second-order valence-corrected chi connectivity index (χ2v) is 11.8. The summed E-state index contributed by atoms with van der Waals surface area (Å²) in [5, 5.41) is 0. The second kappa shape index (κ2) is 12.3. The van der Waals surface area contributed by atoms with Crippen LogP contribution in [0.15, 0.2) is 147 Å². The molecule has 0 saturated carbocycles. The standard InChI is InChI=1S/C46H36/c1-5-9-41-27-39-23-25-43(41)45-29-32(8-4)46(30-31(45)7-3)44-26-24-40(28-42(44)10-6-2)38-21-17-36(18-22-38)34-13-11-33(12-14-34)35-15-19-37(39)20-16-35/h5-30H,3-4H2,1-2H3/b9-5+,10-6+,35-33?,36-34?,39-37?,40-38?,45-43?,46-44?. The molecule has 0 heteroatoms. The lowest BCUT2D eigenvalue weighted by Crippen LogP contribution is -1.95. The molecule has 16 aliphatic carbocycles. The molecule has 0 nitrogen and oxygen atoms in total. The van der Waals surface area contributed by atoms with Gasteiger partial charge in [-0.1, -0.05) is 147 Å². The van der Waals surface area contributed by atoms with Crippen molar-refractivity contribution in [2.75, 3.05) is 0 Å². The third-order valence-corrected chi connectivity index (χ3v) is 9.03.